The maximum atomic E-state index is 12.9. The standard InChI is InChI=1S/C11H13ClFNO/c1-11(2,3)10(15)14-9-6-7(13)4-5-8(9)12/h4-6H,1-3H3,(H,14,15). The fraction of sp³-hybridized carbons (Fsp3) is 0.364. The van der Waals surface area contributed by atoms with Crippen LogP contribution in [0.1, 0.15) is 20.8 Å². The molecule has 1 aromatic carbocycles. The van der Waals surface area contributed by atoms with E-state index in [-0.39, 0.29) is 5.91 Å². The highest BCUT2D eigenvalue weighted by Gasteiger charge is 2.21. The molecule has 0 aliphatic carbocycles. The minimum atomic E-state index is -0.532. The minimum absolute atomic E-state index is 0.199. The van der Waals surface area contributed by atoms with E-state index in [9.17, 15) is 9.18 Å². The highest BCUT2D eigenvalue weighted by atomic mass is 35.5. The SMILES string of the molecule is CC(C)(C)C(=O)Nc1cc(F)ccc1Cl. The Morgan fingerprint density at radius 1 is 1.40 bits per heavy atom. The van der Waals surface area contributed by atoms with Gasteiger partial charge < -0.3 is 5.32 Å². The second kappa shape index (κ2) is 4.19. The third kappa shape index (κ3) is 3.20. The van der Waals surface area contributed by atoms with E-state index in [2.05, 4.69) is 5.32 Å². The van der Waals surface area contributed by atoms with Gasteiger partial charge in [-0.2, -0.15) is 0 Å². The van der Waals surface area contributed by atoms with Crippen molar-refractivity contribution in [2.45, 2.75) is 20.8 Å². The zero-order chi connectivity index (χ0) is 11.6. The van der Waals surface area contributed by atoms with Gasteiger partial charge in [0, 0.05) is 5.41 Å². The monoisotopic (exact) mass is 229 g/mol. The van der Waals surface area contributed by atoms with Gasteiger partial charge in [0.15, 0.2) is 0 Å². The summed E-state index contributed by atoms with van der Waals surface area (Å²) in [7, 11) is 0. The minimum Gasteiger partial charge on any atom is -0.324 e. The van der Waals surface area contributed by atoms with Crippen molar-refractivity contribution in [1.82, 2.24) is 0 Å². The number of amides is 1. The molecule has 4 heteroatoms. The highest BCUT2D eigenvalue weighted by molar-refractivity contribution is 6.33. The predicted molar refractivity (Wildman–Crippen MR) is 59.5 cm³/mol. The van der Waals surface area contributed by atoms with Crippen LogP contribution in [0.25, 0.3) is 0 Å². The Morgan fingerprint density at radius 3 is 2.53 bits per heavy atom. The number of anilines is 1. The smallest absolute Gasteiger partial charge is 0.229 e. The number of hydrogen-bond donors (Lipinski definition) is 1. The summed E-state index contributed by atoms with van der Waals surface area (Å²) >= 11 is 5.81. The van der Waals surface area contributed by atoms with Crippen molar-refractivity contribution in [2.24, 2.45) is 5.41 Å². The van der Waals surface area contributed by atoms with Gasteiger partial charge in [-0.25, -0.2) is 4.39 Å². The summed E-state index contributed by atoms with van der Waals surface area (Å²) in [5, 5.41) is 2.91. The number of nitrogens with one attached hydrogen (secondary N) is 1. The summed E-state index contributed by atoms with van der Waals surface area (Å²) in [5.41, 5.74) is -0.230. The summed E-state index contributed by atoms with van der Waals surface area (Å²) in [6.07, 6.45) is 0. The largest absolute Gasteiger partial charge is 0.324 e. The van der Waals surface area contributed by atoms with Crippen molar-refractivity contribution in [3.05, 3.63) is 29.0 Å². The van der Waals surface area contributed by atoms with E-state index in [4.69, 9.17) is 11.6 Å². The van der Waals surface area contributed by atoms with Crippen LogP contribution in [0.3, 0.4) is 0 Å². The van der Waals surface area contributed by atoms with Gasteiger partial charge in [0.05, 0.1) is 10.7 Å². The van der Waals surface area contributed by atoms with Crippen LogP contribution >= 0.6 is 11.6 Å². The Balaban J connectivity index is 2.90. The van der Waals surface area contributed by atoms with Crippen LogP contribution in [0, 0.1) is 11.2 Å². The van der Waals surface area contributed by atoms with Crippen LogP contribution in [0.4, 0.5) is 10.1 Å². The van der Waals surface area contributed by atoms with Crippen molar-refractivity contribution in [3.8, 4) is 0 Å². The van der Waals surface area contributed by atoms with Crippen molar-refractivity contribution >= 4 is 23.2 Å². The van der Waals surface area contributed by atoms with Crippen molar-refractivity contribution in [3.63, 3.8) is 0 Å². The Hall–Kier alpha value is -1.09. The molecule has 1 N–H and O–H groups in total. The summed E-state index contributed by atoms with van der Waals surface area (Å²) in [5.74, 6) is -0.626. The van der Waals surface area contributed by atoms with E-state index < -0.39 is 11.2 Å². The summed E-state index contributed by atoms with van der Waals surface area (Å²) < 4.78 is 12.9. The Morgan fingerprint density at radius 2 is 2.00 bits per heavy atom. The molecule has 0 aliphatic heterocycles. The van der Waals surface area contributed by atoms with Crippen LogP contribution < -0.4 is 5.32 Å². The fourth-order valence-electron chi connectivity index (χ4n) is 0.903. The molecule has 0 aliphatic rings. The number of hydrogen-bond acceptors (Lipinski definition) is 1. The molecule has 0 atom stereocenters. The Labute approximate surface area is 93.4 Å². The molecule has 0 radical (unpaired) electrons. The lowest BCUT2D eigenvalue weighted by Gasteiger charge is -2.18. The molecular weight excluding hydrogens is 217 g/mol. The molecule has 1 rings (SSSR count). The van der Waals surface area contributed by atoms with Crippen LogP contribution in [-0.2, 0) is 4.79 Å². The Kier molecular flexibility index (Phi) is 3.35. The second-order valence-electron chi connectivity index (χ2n) is 4.33. The molecule has 0 aromatic heterocycles. The van der Waals surface area contributed by atoms with Crippen LogP contribution in [0.15, 0.2) is 18.2 Å². The molecule has 1 aromatic rings. The van der Waals surface area contributed by atoms with E-state index in [1.165, 1.54) is 18.2 Å². The van der Waals surface area contributed by atoms with Crippen LogP contribution in [0.5, 0.6) is 0 Å². The highest BCUT2D eigenvalue weighted by Crippen LogP contribution is 2.24. The third-order valence-corrected chi connectivity index (χ3v) is 2.19. The normalized spacial score (nSPS) is 11.3. The summed E-state index contributed by atoms with van der Waals surface area (Å²) in [4.78, 5) is 11.6. The van der Waals surface area contributed by atoms with Crippen molar-refractivity contribution in [2.75, 3.05) is 5.32 Å². The van der Waals surface area contributed by atoms with E-state index >= 15 is 0 Å². The Bertz CT molecular complexity index is 385. The first-order valence-corrected chi connectivity index (χ1v) is 4.95. The van der Waals surface area contributed by atoms with Gasteiger partial charge >= 0.3 is 0 Å². The third-order valence-electron chi connectivity index (χ3n) is 1.86. The van der Waals surface area contributed by atoms with Crippen molar-refractivity contribution < 1.29 is 9.18 Å². The topological polar surface area (TPSA) is 29.1 Å². The van der Waals surface area contributed by atoms with Gasteiger partial charge in [0.1, 0.15) is 5.82 Å². The van der Waals surface area contributed by atoms with Crippen LogP contribution in [0.2, 0.25) is 5.02 Å². The molecule has 0 bridgehead atoms. The van der Waals surface area contributed by atoms with Gasteiger partial charge in [-0.15, -0.1) is 0 Å². The molecule has 0 fully saturated rings. The first-order chi connectivity index (χ1) is 6.80. The molecular formula is C11H13ClFNO. The number of halogens is 2. The van der Waals surface area contributed by atoms with Gasteiger partial charge in [-0.1, -0.05) is 32.4 Å². The second-order valence-corrected chi connectivity index (χ2v) is 4.74. The van der Waals surface area contributed by atoms with Crippen LogP contribution in [-0.4, -0.2) is 5.91 Å². The average Bonchev–Trinajstić information content (AvgIpc) is 2.09. The first kappa shape index (κ1) is 12.0. The predicted octanol–water partition coefficient (Wildman–Crippen LogP) is 3.46. The zero-order valence-corrected chi connectivity index (χ0v) is 9.65. The fourth-order valence-corrected chi connectivity index (χ4v) is 1.07. The number of carbonyl (C=O) groups is 1. The van der Waals surface area contributed by atoms with E-state index in [1.54, 1.807) is 20.8 Å². The lowest BCUT2D eigenvalue weighted by molar-refractivity contribution is -0.123. The molecule has 0 unspecified atom stereocenters. The lowest BCUT2D eigenvalue weighted by Crippen LogP contribution is -2.27. The maximum Gasteiger partial charge on any atom is 0.229 e. The van der Waals surface area contributed by atoms with E-state index in [0.29, 0.717) is 10.7 Å². The number of rotatable bonds is 1. The molecule has 0 heterocycles. The molecule has 0 spiro atoms. The molecule has 15 heavy (non-hydrogen) atoms. The van der Waals surface area contributed by atoms with Gasteiger partial charge in [0.25, 0.3) is 0 Å². The number of benzene rings is 1. The van der Waals surface area contributed by atoms with Gasteiger partial charge in [0.2, 0.25) is 5.91 Å². The number of carbonyl (C=O) groups excluding carboxylic acids is 1. The molecule has 82 valence electrons. The van der Waals surface area contributed by atoms with Gasteiger partial charge in [-0.05, 0) is 18.2 Å². The van der Waals surface area contributed by atoms with E-state index in [0.717, 1.165) is 0 Å². The van der Waals surface area contributed by atoms with Crippen molar-refractivity contribution in [1.29, 1.82) is 0 Å². The lowest BCUT2D eigenvalue weighted by atomic mass is 9.95. The quantitative estimate of drug-likeness (QED) is 0.785. The van der Waals surface area contributed by atoms with Gasteiger partial charge in [-0.3, -0.25) is 4.79 Å². The average molecular weight is 230 g/mol. The molecule has 0 saturated carbocycles. The zero-order valence-electron chi connectivity index (χ0n) is 8.90. The first-order valence-electron chi connectivity index (χ1n) is 4.57. The molecule has 1 amide bonds. The summed E-state index contributed by atoms with van der Waals surface area (Å²) in [6, 6.07) is 3.86. The molecule has 0 saturated heterocycles. The maximum absolute atomic E-state index is 12.9. The summed E-state index contributed by atoms with van der Waals surface area (Å²) in [6.45, 7) is 5.32. The molecule has 2 nitrogen and oxygen atoms in total. The van der Waals surface area contributed by atoms with E-state index in [1.807, 2.05) is 0 Å².